The number of hydrogen-bond acceptors (Lipinski definition) is 5. The number of nitrogen functional groups attached to an aromatic ring is 1. The molecule has 0 amide bonds. The Morgan fingerprint density at radius 2 is 1.84 bits per heavy atom. The lowest BCUT2D eigenvalue weighted by Crippen LogP contribution is -2.06. The summed E-state index contributed by atoms with van der Waals surface area (Å²) in [5.41, 5.74) is 5.05. The second-order valence-electron chi connectivity index (χ2n) is 3.89. The molecular formula is C11H9F3N4O. The molecular weight excluding hydrogens is 261 g/mol. The van der Waals surface area contributed by atoms with Crippen LogP contribution < -0.4 is 5.73 Å². The summed E-state index contributed by atoms with van der Waals surface area (Å²) in [7, 11) is 0. The lowest BCUT2D eigenvalue weighted by molar-refractivity contribution is -0.137. The van der Waals surface area contributed by atoms with E-state index in [1.807, 2.05) is 0 Å². The van der Waals surface area contributed by atoms with Crippen molar-refractivity contribution in [1.82, 2.24) is 15.2 Å². The van der Waals surface area contributed by atoms with Crippen LogP contribution >= 0.6 is 0 Å². The fourth-order valence-electron chi connectivity index (χ4n) is 1.53. The van der Waals surface area contributed by atoms with Gasteiger partial charge < -0.3 is 10.8 Å². The Bertz CT molecular complexity index is 628. The second kappa shape index (κ2) is 4.38. The molecule has 5 nitrogen and oxygen atoms in total. The van der Waals surface area contributed by atoms with Crippen molar-refractivity contribution in [3.05, 3.63) is 29.5 Å². The Morgan fingerprint density at radius 3 is 2.37 bits per heavy atom. The molecule has 0 unspecified atom stereocenters. The first kappa shape index (κ1) is 13.1. The van der Waals surface area contributed by atoms with Crippen molar-refractivity contribution in [2.45, 2.75) is 13.1 Å². The lowest BCUT2D eigenvalue weighted by atomic mass is 10.1. The highest BCUT2D eigenvalue weighted by atomic mass is 19.4. The summed E-state index contributed by atoms with van der Waals surface area (Å²) >= 11 is 0. The topological polar surface area (TPSA) is 84.9 Å². The number of nitrogens with two attached hydrogens (primary N) is 1. The molecule has 0 aliphatic carbocycles. The largest absolute Gasteiger partial charge is 0.506 e. The molecule has 2 rings (SSSR count). The van der Waals surface area contributed by atoms with Crippen molar-refractivity contribution in [2.75, 3.05) is 5.73 Å². The minimum Gasteiger partial charge on any atom is -0.506 e. The maximum absolute atomic E-state index is 12.4. The third-order valence-corrected chi connectivity index (χ3v) is 2.42. The van der Waals surface area contributed by atoms with E-state index in [2.05, 4.69) is 15.2 Å². The van der Waals surface area contributed by atoms with Gasteiger partial charge in [0.2, 0.25) is 0 Å². The number of pyridine rings is 1. The third-order valence-electron chi connectivity index (χ3n) is 2.42. The van der Waals surface area contributed by atoms with Gasteiger partial charge in [0.1, 0.15) is 23.0 Å². The van der Waals surface area contributed by atoms with E-state index < -0.39 is 17.5 Å². The van der Waals surface area contributed by atoms with Gasteiger partial charge in [-0.25, -0.2) is 4.98 Å². The van der Waals surface area contributed by atoms with E-state index in [0.717, 1.165) is 0 Å². The van der Waals surface area contributed by atoms with Gasteiger partial charge in [-0.1, -0.05) is 0 Å². The van der Waals surface area contributed by atoms with Crippen LogP contribution in [0.2, 0.25) is 0 Å². The first-order chi connectivity index (χ1) is 8.79. The van der Waals surface area contributed by atoms with Crippen LogP contribution in [-0.2, 0) is 6.18 Å². The maximum atomic E-state index is 12.4. The van der Waals surface area contributed by atoms with Crippen LogP contribution in [0.5, 0.6) is 5.75 Å². The van der Waals surface area contributed by atoms with Gasteiger partial charge in [-0.15, -0.1) is 10.2 Å². The summed E-state index contributed by atoms with van der Waals surface area (Å²) in [6.07, 6.45) is -3.93. The standard InChI is InChI=1S/C11H9F3N4O/c1-5-2-8(15)17-18-9(5)10-7(19)3-6(4-16-10)11(12,13)14/h2-4,19H,1H3,(H2,15,17). The molecule has 0 spiro atoms. The van der Waals surface area contributed by atoms with Crippen LogP contribution in [-0.4, -0.2) is 20.3 Å². The summed E-state index contributed by atoms with van der Waals surface area (Å²) in [4.78, 5) is 3.59. The molecule has 0 aromatic carbocycles. The van der Waals surface area contributed by atoms with Crippen molar-refractivity contribution in [2.24, 2.45) is 0 Å². The van der Waals surface area contributed by atoms with Crippen molar-refractivity contribution in [1.29, 1.82) is 0 Å². The Morgan fingerprint density at radius 1 is 1.16 bits per heavy atom. The van der Waals surface area contributed by atoms with Crippen molar-refractivity contribution in [3.8, 4) is 17.1 Å². The molecule has 0 atom stereocenters. The number of aromatic nitrogens is 3. The Kier molecular flexibility index (Phi) is 3.01. The summed E-state index contributed by atoms with van der Waals surface area (Å²) in [5, 5.41) is 16.9. The van der Waals surface area contributed by atoms with Gasteiger partial charge in [0.05, 0.1) is 5.56 Å². The molecule has 19 heavy (non-hydrogen) atoms. The predicted octanol–water partition coefficient (Wildman–Crippen LogP) is 2.15. The highest BCUT2D eigenvalue weighted by Gasteiger charge is 2.32. The van der Waals surface area contributed by atoms with Crippen molar-refractivity contribution in [3.63, 3.8) is 0 Å². The number of hydrogen-bond donors (Lipinski definition) is 2. The summed E-state index contributed by atoms with van der Waals surface area (Å²) in [6.45, 7) is 1.64. The summed E-state index contributed by atoms with van der Waals surface area (Å²) in [6, 6.07) is 2.08. The lowest BCUT2D eigenvalue weighted by Gasteiger charge is -2.09. The predicted molar refractivity (Wildman–Crippen MR) is 61.1 cm³/mol. The molecule has 0 fully saturated rings. The van der Waals surface area contributed by atoms with Crippen LogP contribution in [0.25, 0.3) is 11.4 Å². The molecule has 0 radical (unpaired) electrons. The van der Waals surface area contributed by atoms with Gasteiger partial charge in [0.25, 0.3) is 0 Å². The molecule has 8 heteroatoms. The molecule has 100 valence electrons. The van der Waals surface area contributed by atoms with Crippen LogP contribution in [0.15, 0.2) is 18.3 Å². The normalized spacial score (nSPS) is 11.6. The van der Waals surface area contributed by atoms with E-state index >= 15 is 0 Å². The minimum absolute atomic E-state index is 0.0713. The molecule has 0 saturated heterocycles. The Hall–Kier alpha value is -2.38. The number of rotatable bonds is 1. The molecule has 2 aromatic rings. The monoisotopic (exact) mass is 270 g/mol. The van der Waals surface area contributed by atoms with Gasteiger partial charge in [-0.2, -0.15) is 13.2 Å². The number of aryl methyl sites for hydroxylation is 1. The third kappa shape index (κ3) is 2.56. The minimum atomic E-state index is -4.56. The summed E-state index contributed by atoms with van der Waals surface area (Å²) < 4.78 is 37.3. The fourth-order valence-corrected chi connectivity index (χ4v) is 1.53. The number of halogens is 3. The van der Waals surface area contributed by atoms with Crippen LogP contribution in [0.3, 0.4) is 0 Å². The molecule has 0 saturated carbocycles. The summed E-state index contributed by atoms with van der Waals surface area (Å²) in [5.74, 6) is -0.440. The number of aromatic hydroxyl groups is 1. The van der Waals surface area contributed by atoms with Gasteiger partial charge in [-0.3, -0.25) is 0 Å². The number of anilines is 1. The zero-order valence-corrected chi connectivity index (χ0v) is 9.73. The Balaban J connectivity index is 2.52. The van der Waals surface area contributed by atoms with Gasteiger partial charge in [0.15, 0.2) is 0 Å². The van der Waals surface area contributed by atoms with Crippen LogP contribution in [0, 0.1) is 6.92 Å². The first-order valence-electron chi connectivity index (χ1n) is 5.15. The average Bonchev–Trinajstić information content (AvgIpc) is 2.28. The zero-order valence-electron chi connectivity index (χ0n) is 9.73. The van der Waals surface area contributed by atoms with Crippen molar-refractivity contribution >= 4 is 5.82 Å². The van der Waals surface area contributed by atoms with Crippen LogP contribution in [0.1, 0.15) is 11.1 Å². The maximum Gasteiger partial charge on any atom is 0.418 e. The van der Waals surface area contributed by atoms with Crippen molar-refractivity contribution < 1.29 is 18.3 Å². The quantitative estimate of drug-likeness (QED) is 0.829. The smallest absolute Gasteiger partial charge is 0.418 e. The zero-order chi connectivity index (χ0) is 14.2. The highest BCUT2D eigenvalue weighted by Crippen LogP contribution is 2.34. The van der Waals surface area contributed by atoms with E-state index in [1.54, 1.807) is 6.92 Å². The Labute approximate surface area is 105 Å². The van der Waals surface area contributed by atoms with E-state index in [4.69, 9.17) is 5.73 Å². The van der Waals surface area contributed by atoms with E-state index in [9.17, 15) is 18.3 Å². The second-order valence-corrected chi connectivity index (χ2v) is 3.89. The van der Waals surface area contributed by atoms with Gasteiger partial charge in [-0.05, 0) is 24.6 Å². The molecule has 0 aliphatic rings. The number of nitrogens with zero attached hydrogens (tertiary/aromatic N) is 3. The SMILES string of the molecule is Cc1cc(N)nnc1-c1ncc(C(F)(F)F)cc1O. The number of alkyl halides is 3. The molecule has 0 aliphatic heterocycles. The molecule has 0 bridgehead atoms. The molecule has 2 heterocycles. The van der Waals surface area contributed by atoms with E-state index in [-0.39, 0.29) is 17.2 Å². The van der Waals surface area contributed by atoms with Gasteiger partial charge >= 0.3 is 6.18 Å². The van der Waals surface area contributed by atoms with Crippen LogP contribution in [0.4, 0.5) is 19.0 Å². The fraction of sp³-hybridized carbons (Fsp3) is 0.182. The van der Waals surface area contributed by atoms with Gasteiger partial charge in [0, 0.05) is 6.20 Å². The van der Waals surface area contributed by atoms with E-state index in [1.165, 1.54) is 6.07 Å². The molecule has 3 N–H and O–H groups in total. The first-order valence-corrected chi connectivity index (χ1v) is 5.15. The molecule has 2 aromatic heterocycles. The highest BCUT2D eigenvalue weighted by molar-refractivity contribution is 5.66. The average molecular weight is 270 g/mol. The van der Waals surface area contributed by atoms with E-state index in [0.29, 0.717) is 17.8 Å².